The van der Waals surface area contributed by atoms with E-state index >= 15 is 0 Å². The molecule has 1 heterocycles. The Labute approximate surface area is 209 Å². The van der Waals surface area contributed by atoms with E-state index in [1.165, 1.54) is 0 Å². The van der Waals surface area contributed by atoms with Crippen LogP contribution in [0.25, 0.3) is 0 Å². The molecule has 1 unspecified atom stereocenters. The van der Waals surface area contributed by atoms with E-state index in [2.05, 4.69) is 0 Å². The zero-order valence-electron chi connectivity index (χ0n) is 21.8. The number of hydrogen-bond donors (Lipinski definition) is 0. The number of ether oxygens (including phenoxy) is 4. The lowest BCUT2D eigenvalue weighted by Gasteiger charge is -2.58. The second kappa shape index (κ2) is 10.2. The Morgan fingerprint density at radius 3 is 2.60 bits per heavy atom. The van der Waals surface area contributed by atoms with Crippen LogP contribution in [0.3, 0.4) is 0 Å². The predicted molar refractivity (Wildman–Crippen MR) is 132 cm³/mol. The molecular weight excluding hydrogens is 444 g/mol. The maximum absolute atomic E-state index is 13.9. The molecule has 1 spiro atoms. The highest BCUT2D eigenvalue weighted by atomic mass is 16.7. The standard InChI is InChI=1S/C29H40O6/c1-20(2)34-25-16-22-23(30)12-13-24-28(22,19-33-25)14-9-15-29(24,26(31)35-27(3,4)5)18-32-17-21-10-7-6-8-11-21/h6-8,10-13,20,22,24-25H,9,14-19H2,1-5H3/t22-,24+,25?,28+,29+/m0/s1. The highest BCUT2D eigenvalue weighted by molar-refractivity contribution is 5.94. The normalized spacial score (nSPS) is 32.7. The molecule has 2 aliphatic carbocycles. The Morgan fingerprint density at radius 2 is 1.91 bits per heavy atom. The number of esters is 1. The lowest BCUT2D eigenvalue weighted by Crippen LogP contribution is -2.62. The monoisotopic (exact) mass is 484 g/mol. The zero-order chi connectivity index (χ0) is 25.3. The summed E-state index contributed by atoms with van der Waals surface area (Å²) in [6.45, 7) is 10.7. The van der Waals surface area contributed by atoms with E-state index in [9.17, 15) is 9.59 Å². The maximum Gasteiger partial charge on any atom is 0.315 e. The van der Waals surface area contributed by atoms with Crippen LogP contribution in [-0.2, 0) is 35.1 Å². The van der Waals surface area contributed by atoms with Gasteiger partial charge in [-0.1, -0.05) is 42.8 Å². The van der Waals surface area contributed by atoms with Crippen molar-refractivity contribution in [2.24, 2.45) is 22.7 Å². The predicted octanol–water partition coefficient (Wildman–Crippen LogP) is 5.24. The molecule has 0 aromatic heterocycles. The molecule has 1 aliphatic heterocycles. The third-order valence-corrected chi connectivity index (χ3v) is 7.64. The van der Waals surface area contributed by atoms with Crippen molar-refractivity contribution >= 4 is 11.8 Å². The van der Waals surface area contributed by atoms with Crippen molar-refractivity contribution in [1.82, 2.24) is 0 Å². The van der Waals surface area contributed by atoms with E-state index in [-0.39, 0.29) is 36.3 Å². The number of carbonyl (C=O) groups is 2. The maximum atomic E-state index is 13.9. The van der Waals surface area contributed by atoms with Gasteiger partial charge in [-0.3, -0.25) is 9.59 Å². The first-order valence-electron chi connectivity index (χ1n) is 12.9. The van der Waals surface area contributed by atoms with Gasteiger partial charge in [0.05, 0.1) is 31.3 Å². The van der Waals surface area contributed by atoms with Crippen LogP contribution in [-0.4, -0.2) is 43.0 Å². The summed E-state index contributed by atoms with van der Waals surface area (Å²) in [4.78, 5) is 27.1. The van der Waals surface area contributed by atoms with Gasteiger partial charge in [-0.05, 0) is 59.1 Å². The number of hydrogen-bond acceptors (Lipinski definition) is 6. The first-order chi connectivity index (χ1) is 16.6. The van der Waals surface area contributed by atoms with Crippen LogP contribution in [0.5, 0.6) is 0 Å². The molecule has 2 fully saturated rings. The Morgan fingerprint density at radius 1 is 1.17 bits per heavy atom. The second-order valence-corrected chi connectivity index (χ2v) is 11.7. The van der Waals surface area contributed by atoms with Crippen LogP contribution < -0.4 is 0 Å². The molecule has 35 heavy (non-hydrogen) atoms. The zero-order valence-corrected chi connectivity index (χ0v) is 21.8. The Bertz CT molecular complexity index is 932. The molecule has 0 bridgehead atoms. The Hall–Kier alpha value is -2.02. The van der Waals surface area contributed by atoms with E-state index in [4.69, 9.17) is 18.9 Å². The van der Waals surface area contributed by atoms with Crippen molar-refractivity contribution < 1.29 is 28.5 Å². The molecule has 0 N–H and O–H groups in total. The first-order valence-corrected chi connectivity index (χ1v) is 12.9. The highest BCUT2D eigenvalue weighted by Gasteiger charge is 2.64. The Balaban J connectivity index is 1.66. The van der Waals surface area contributed by atoms with Gasteiger partial charge in [-0.25, -0.2) is 0 Å². The molecule has 1 saturated carbocycles. The van der Waals surface area contributed by atoms with E-state index in [0.29, 0.717) is 26.1 Å². The van der Waals surface area contributed by atoms with Crippen molar-refractivity contribution in [3.05, 3.63) is 48.0 Å². The third kappa shape index (κ3) is 5.40. The lowest BCUT2D eigenvalue weighted by atomic mass is 9.47. The third-order valence-electron chi connectivity index (χ3n) is 7.64. The molecule has 1 saturated heterocycles. The van der Waals surface area contributed by atoms with Gasteiger partial charge in [0.1, 0.15) is 5.60 Å². The summed E-state index contributed by atoms with van der Waals surface area (Å²) in [5.41, 5.74) is -0.918. The van der Waals surface area contributed by atoms with Crippen molar-refractivity contribution in [2.75, 3.05) is 13.2 Å². The summed E-state index contributed by atoms with van der Waals surface area (Å²) < 4.78 is 24.4. The van der Waals surface area contributed by atoms with Crippen molar-refractivity contribution in [1.29, 1.82) is 0 Å². The summed E-state index contributed by atoms with van der Waals surface area (Å²) in [6, 6.07) is 9.96. The molecule has 192 valence electrons. The molecule has 0 amide bonds. The first kappa shape index (κ1) is 26.1. The molecule has 4 rings (SSSR count). The minimum Gasteiger partial charge on any atom is -0.459 e. The average molecular weight is 485 g/mol. The molecule has 0 radical (unpaired) electrons. The fraction of sp³-hybridized carbons (Fsp3) is 0.655. The summed E-state index contributed by atoms with van der Waals surface area (Å²) in [5, 5.41) is 0. The second-order valence-electron chi connectivity index (χ2n) is 11.7. The van der Waals surface area contributed by atoms with Crippen LogP contribution in [0.2, 0.25) is 0 Å². The average Bonchev–Trinajstić information content (AvgIpc) is 2.78. The molecule has 5 atom stereocenters. The van der Waals surface area contributed by atoms with Gasteiger partial charge in [0.2, 0.25) is 0 Å². The van der Waals surface area contributed by atoms with Crippen molar-refractivity contribution in [3.8, 4) is 0 Å². The minimum atomic E-state index is -0.884. The summed E-state index contributed by atoms with van der Waals surface area (Å²) in [7, 11) is 0. The van der Waals surface area contributed by atoms with Crippen LogP contribution >= 0.6 is 0 Å². The largest absolute Gasteiger partial charge is 0.459 e. The number of allylic oxidation sites excluding steroid dienone is 2. The van der Waals surface area contributed by atoms with Crippen LogP contribution in [0.15, 0.2) is 42.5 Å². The molecule has 1 aromatic rings. The van der Waals surface area contributed by atoms with E-state index in [0.717, 1.165) is 18.4 Å². The molecule has 1 aromatic carbocycles. The fourth-order valence-corrected chi connectivity index (χ4v) is 6.23. The van der Waals surface area contributed by atoms with Gasteiger partial charge in [0.15, 0.2) is 12.1 Å². The van der Waals surface area contributed by atoms with Gasteiger partial charge in [0, 0.05) is 23.7 Å². The fourth-order valence-electron chi connectivity index (χ4n) is 6.23. The summed E-state index contributed by atoms with van der Waals surface area (Å²) in [5.74, 6) is -0.601. The Kier molecular flexibility index (Phi) is 7.56. The van der Waals surface area contributed by atoms with Gasteiger partial charge in [-0.15, -0.1) is 0 Å². The number of benzene rings is 1. The topological polar surface area (TPSA) is 71.1 Å². The van der Waals surface area contributed by atoms with E-state index < -0.39 is 22.7 Å². The van der Waals surface area contributed by atoms with Gasteiger partial charge >= 0.3 is 5.97 Å². The number of carbonyl (C=O) groups excluding carboxylic acids is 2. The van der Waals surface area contributed by atoms with E-state index in [1.807, 2.05) is 71.0 Å². The van der Waals surface area contributed by atoms with Crippen molar-refractivity contribution in [3.63, 3.8) is 0 Å². The molecule has 3 aliphatic rings. The van der Waals surface area contributed by atoms with Crippen molar-refractivity contribution in [2.45, 2.75) is 84.9 Å². The number of rotatable bonds is 7. The SMILES string of the molecule is CC(C)OC1C[C@H]2C(=O)C=C[C@H]3[C@@](COCc4ccccc4)(C(=O)OC(C)(C)C)CCC[C@@]23CO1. The summed E-state index contributed by atoms with van der Waals surface area (Å²) in [6.07, 6.45) is 6.02. The lowest BCUT2D eigenvalue weighted by molar-refractivity contribution is -0.251. The highest BCUT2D eigenvalue weighted by Crippen LogP contribution is 2.61. The summed E-state index contributed by atoms with van der Waals surface area (Å²) >= 11 is 0. The van der Waals surface area contributed by atoms with Gasteiger partial charge in [0.25, 0.3) is 0 Å². The quantitative estimate of drug-likeness (QED) is 0.493. The number of ketones is 1. The van der Waals surface area contributed by atoms with Gasteiger partial charge < -0.3 is 18.9 Å². The van der Waals surface area contributed by atoms with Crippen LogP contribution in [0, 0.1) is 22.7 Å². The van der Waals surface area contributed by atoms with Gasteiger partial charge in [-0.2, -0.15) is 0 Å². The van der Waals surface area contributed by atoms with Crippen LogP contribution in [0.1, 0.15) is 65.9 Å². The molecule has 6 nitrogen and oxygen atoms in total. The molecular formula is C29H40O6. The van der Waals surface area contributed by atoms with E-state index in [1.54, 1.807) is 6.08 Å². The molecule has 6 heteroatoms. The minimum absolute atomic E-state index is 0.0117. The van der Waals surface area contributed by atoms with Crippen LogP contribution in [0.4, 0.5) is 0 Å². The smallest absolute Gasteiger partial charge is 0.315 e.